The smallest absolute Gasteiger partial charge is 0.255 e. The molecule has 5 heteroatoms. The van der Waals surface area contributed by atoms with Crippen molar-refractivity contribution in [2.45, 2.75) is 39.8 Å². The van der Waals surface area contributed by atoms with Gasteiger partial charge in [0.2, 0.25) is 0 Å². The highest BCUT2D eigenvalue weighted by atomic mass is 127. The number of hydrogen-bond donors (Lipinski definition) is 2. The molecule has 0 heterocycles. The third kappa shape index (κ3) is 4.94. The van der Waals surface area contributed by atoms with Crippen molar-refractivity contribution in [3.63, 3.8) is 0 Å². The van der Waals surface area contributed by atoms with E-state index in [1.54, 1.807) is 18.2 Å². The molecular formula is C15H23IN2O2. The standard InChI is InChI=1S/C15H23IN2O2/c1-10(2)18(11(3)4)8-7-17-15(20)13-9-12(16)5-6-14(13)19/h5-6,9-11,19H,7-8H2,1-4H3,(H,17,20). The maximum atomic E-state index is 12.0. The van der Waals surface area contributed by atoms with Gasteiger partial charge in [-0.1, -0.05) is 0 Å². The summed E-state index contributed by atoms with van der Waals surface area (Å²) in [6.45, 7) is 9.95. The minimum Gasteiger partial charge on any atom is -0.507 e. The summed E-state index contributed by atoms with van der Waals surface area (Å²) in [5.74, 6) is -0.207. The van der Waals surface area contributed by atoms with Crippen LogP contribution in [0.25, 0.3) is 0 Å². The highest BCUT2D eigenvalue weighted by molar-refractivity contribution is 14.1. The largest absolute Gasteiger partial charge is 0.507 e. The molecule has 0 aromatic heterocycles. The monoisotopic (exact) mass is 390 g/mol. The van der Waals surface area contributed by atoms with E-state index in [0.717, 1.165) is 10.1 Å². The van der Waals surface area contributed by atoms with Crippen molar-refractivity contribution in [1.82, 2.24) is 10.2 Å². The van der Waals surface area contributed by atoms with Gasteiger partial charge in [0.15, 0.2) is 0 Å². The van der Waals surface area contributed by atoms with Gasteiger partial charge in [-0.3, -0.25) is 9.69 Å². The fraction of sp³-hybridized carbons (Fsp3) is 0.533. The van der Waals surface area contributed by atoms with Gasteiger partial charge in [-0.25, -0.2) is 0 Å². The summed E-state index contributed by atoms with van der Waals surface area (Å²) in [5, 5.41) is 12.6. The summed E-state index contributed by atoms with van der Waals surface area (Å²) >= 11 is 2.12. The molecule has 2 N–H and O–H groups in total. The van der Waals surface area contributed by atoms with E-state index in [4.69, 9.17) is 0 Å². The van der Waals surface area contributed by atoms with Gasteiger partial charge in [0.1, 0.15) is 5.75 Å². The number of phenols is 1. The van der Waals surface area contributed by atoms with Gasteiger partial charge in [0.25, 0.3) is 5.91 Å². The molecule has 4 nitrogen and oxygen atoms in total. The van der Waals surface area contributed by atoms with E-state index in [0.29, 0.717) is 24.2 Å². The molecule has 1 amide bonds. The maximum Gasteiger partial charge on any atom is 0.255 e. The molecule has 0 aliphatic rings. The molecule has 0 aliphatic heterocycles. The number of aromatic hydroxyl groups is 1. The third-order valence-corrected chi connectivity index (χ3v) is 3.86. The molecule has 0 saturated carbocycles. The molecule has 0 fully saturated rings. The zero-order chi connectivity index (χ0) is 15.3. The Balaban J connectivity index is 2.57. The van der Waals surface area contributed by atoms with Gasteiger partial charge in [-0.05, 0) is 68.5 Å². The van der Waals surface area contributed by atoms with Crippen LogP contribution < -0.4 is 5.32 Å². The molecular weight excluding hydrogens is 367 g/mol. The Hall–Kier alpha value is -0.820. The number of nitrogens with one attached hydrogen (secondary N) is 1. The lowest BCUT2D eigenvalue weighted by atomic mass is 10.2. The van der Waals surface area contributed by atoms with Crippen LogP contribution in [0, 0.1) is 3.57 Å². The summed E-state index contributed by atoms with van der Waals surface area (Å²) < 4.78 is 0.927. The Labute approximate surface area is 134 Å². The van der Waals surface area contributed by atoms with Crippen LogP contribution >= 0.6 is 22.6 Å². The Bertz CT molecular complexity index is 453. The molecule has 1 aromatic carbocycles. The first-order valence-corrected chi connectivity index (χ1v) is 7.93. The number of benzene rings is 1. The molecule has 0 unspecified atom stereocenters. The van der Waals surface area contributed by atoms with Crippen molar-refractivity contribution in [2.24, 2.45) is 0 Å². The Morgan fingerprint density at radius 3 is 2.45 bits per heavy atom. The van der Waals surface area contributed by atoms with Gasteiger partial charge in [-0.2, -0.15) is 0 Å². The molecule has 1 aromatic rings. The van der Waals surface area contributed by atoms with Crippen molar-refractivity contribution in [1.29, 1.82) is 0 Å². The zero-order valence-corrected chi connectivity index (χ0v) is 14.6. The van der Waals surface area contributed by atoms with E-state index in [2.05, 4.69) is 60.5 Å². The molecule has 1 rings (SSSR count). The summed E-state index contributed by atoms with van der Waals surface area (Å²) in [7, 11) is 0. The predicted octanol–water partition coefficient (Wildman–Crippen LogP) is 2.85. The number of carbonyl (C=O) groups excluding carboxylic acids is 1. The van der Waals surface area contributed by atoms with Crippen molar-refractivity contribution in [3.8, 4) is 5.75 Å². The van der Waals surface area contributed by atoms with Crippen LogP contribution in [0.4, 0.5) is 0 Å². The lowest BCUT2D eigenvalue weighted by Crippen LogP contribution is -2.42. The first kappa shape index (κ1) is 17.2. The number of phenolic OH excluding ortho intramolecular Hbond substituents is 1. The molecule has 0 radical (unpaired) electrons. The quantitative estimate of drug-likeness (QED) is 0.735. The molecule has 0 atom stereocenters. The van der Waals surface area contributed by atoms with Crippen LogP contribution in [-0.2, 0) is 0 Å². The normalized spacial score (nSPS) is 11.4. The van der Waals surface area contributed by atoms with Crippen LogP contribution in [0.15, 0.2) is 18.2 Å². The van der Waals surface area contributed by atoms with Gasteiger partial charge in [-0.15, -0.1) is 0 Å². The number of amides is 1. The van der Waals surface area contributed by atoms with Crippen molar-refractivity contribution in [2.75, 3.05) is 13.1 Å². The van der Waals surface area contributed by atoms with Gasteiger partial charge in [0, 0.05) is 28.7 Å². The van der Waals surface area contributed by atoms with Gasteiger partial charge in [0.05, 0.1) is 5.56 Å². The van der Waals surface area contributed by atoms with Gasteiger partial charge >= 0.3 is 0 Å². The number of hydrogen-bond acceptors (Lipinski definition) is 3. The van der Waals surface area contributed by atoms with Crippen molar-refractivity contribution >= 4 is 28.5 Å². The minimum absolute atomic E-state index is 0.0208. The summed E-state index contributed by atoms with van der Waals surface area (Å²) in [6, 6.07) is 5.89. The van der Waals surface area contributed by atoms with E-state index in [1.165, 1.54) is 0 Å². The second kappa shape index (κ2) is 7.83. The van der Waals surface area contributed by atoms with Gasteiger partial charge < -0.3 is 10.4 Å². The highest BCUT2D eigenvalue weighted by Gasteiger charge is 2.15. The van der Waals surface area contributed by atoms with Crippen molar-refractivity contribution < 1.29 is 9.90 Å². The molecule has 0 saturated heterocycles. The average molecular weight is 390 g/mol. The average Bonchev–Trinajstić information content (AvgIpc) is 2.36. The summed E-state index contributed by atoms with van der Waals surface area (Å²) in [4.78, 5) is 14.4. The second-order valence-corrected chi connectivity index (χ2v) is 6.59. The topological polar surface area (TPSA) is 52.6 Å². The van der Waals surface area contributed by atoms with Crippen LogP contribution in [0.1, 0.15) is 38.1 Å². The summed E-state index contributed by atoms with van der Waals surface area (Å²) in [6.07, 6.45) is 0. The lowest BCUT2D eigenvalue weighted by molar-refractivity contribution is 0.0936. The molecule has 112 valence electrons. The fourth-order valence-corrected chi connectivity index (χ4v) is 2.69. The predicted molar refractivity (Wildman–Crippen MR) is 90.1 cm³/mol. The molecule has 0 aliphatic carbocycles. The number of carbonyl (C=O) groups is 1. The van der Waals surface area contributed by atoms with E-state index in [-0.39, 0.29) is 11.7 Å². The van der Waals surface area contributed by atoms with Crippen LogP contribution in [0.3, 0.4) is 0 Å². The SMILES string of the molecule is CC(C)N(CCNC(=O)c1cc(I)ccc1O)C(C)C. The van der Waals surface area contributed by atoms with Crippen LogP contribution in [0.2, 0.25) is 0 Å². The molecule has 0 spiro atoms. The Morgan fingerprint density at radius 1 is 1.30 bits per heavy atom. The van der Waals surface area contributed by atoms with E-state index < -0.39 is 0 Å². The minimum atomic E-state index is -0.228. The van der Waals surface area contributed by atoms with E-state index in [9.17, 15) is 9.90 Å². The molecule has 0 bridgehead atoms. The lowest BCUT2D eigenvalue weighted by Gasteiger charge is -2.30. The molecule has 20 heavy (non-hydrogen) atoms. The van der Waals surface area contributed by atoms with Crippen molar-refractivity contribution in [3.05, 3.63) is 27.3 Å². The van der Waals surface area contributed by atoms with E-state index >= 15 is 0 Å². The number of nitrogens with zero attached hydrogens (tertiary/aromatic N) is 1. The first-order valence-electron chi connectivity index (χ1n) is 6.85. The zero-order valence-electron chi connectivity index (χ0n) is 12.5. The maximum absolute atomic E-state index is 12.0. The van der Waals surface area contributed by atoms with Crippen LogP contribution in [-0.4, -0.2) is 41.1 Å². The Morgan fingerprint density at radius 2 is 1.90 bits per heavy atom. The highest BCUT2D eigenvalue weighted by Crippen LogP contribution is 2.19. The van der Waals surface area contributed by atoms with Crippen LogP contribution in [0.5, 0.6) is 5.75 Å². The third-order valence-electron chi connectivity index (χ3n) is 3.19. The fourth-order valence-electron chi connectivity index (χ4n) is 2.20. The second-order valence-electron chi connectivity index (χ2n) is 5.34. The van der Waals surface area contributed by atoms with E-state index in [1.807, 2.05) is 0 Å². The first-order chi connectivity index (χ1) is 9.32. The number of rotatable bonds is 6. The Kier molecular flexibility index (Phi) is 6.75. The summed E-state index contributed by atoms with van der Waals surface area (Å²) in [5.41, 5.74) is 0.331. The number of halogens is 1.